The minimum absolute atomic E-state index is 0.0749. The van der Waals surface area contributed by atoms with Crippen molar-refractivity contribution in [3.8, 4) is 0 Å². The number of rotatable bonds is 6. The lowest BCUT2D eigenvalue weighted by molar-refractivity contribution is -0.122. The van der Waals surface area contributed by atoms with E-state index in [1.807, 2.05) is 30.3 Å². The molecule has 180 valence electrons. The van der Waals surface area contributed by atoms with Crippen LogP contribution in [0.2, 0.25) is 0 Å². The summed E-state index contributed by atoms with van der Waals surface area (Å²) >= 11 is 0. The highest BCUT2D eigenvalue weighted by molar-refractivity contribution is 6.03. The SMILES string of the molecule is O=C(Nc1ccc(N2CCN(Cc3ccccc3)CC2)cc1)[C@@H]1CC(=O)N(c2ccccc2F)C1. The molecule has 0 aliphatic carbocycles. The number of carbonyl (C=O) groups is 2. The monoisotopic (exact) mass is 472 g/mol. The first kappa shape index (κ1) is 23.1. The van der Waals surface area contributed by atoms with Crippen molar-refractivity contribution in [2.75, 3.05) is 47.8 Å². The van der Waals surface area contributed by atoms with Gasteiger partial charge in [0.25, 0.3) is 0 Å². The normalized spacial score (nSPS) is 18.7. The second-order valence-corrected chi connectivity index (χ2v) is 9.14. The zero-order valence-electron chi connectivity index (χ0n) is 19.6. The molecule has 0 saturated carbocycles. The van der Waals surface area contributed by atoms with Crippen LogP contribution in [0.5, 0.6) is 0 Å². The maximum Gasteiger partial charge on any atom is 0.229 e. The third-order valence-electron chi connectivity index (χ3n) is 6.76. The van der Waals surface area contributed by atoms with Gasteiger partial charge in [-0.2, -0.15) is 0 Å². The van der Waals surface area contributed by atoms with Crippen molar-refractivity contribution in [1.82, 2.24) is 4.90 Å². The number of nitrogens with one attached hydrogen (secondary N) is 1. The molecule has 7 heteroatoms. The van der Waals surface area contributed by atoms with Crippen LogP contribution in [0.1, 0.15) is 12.0 Å². The number of amides is 2. The molecule has 2 saturated heterocycles. The summed E-state index contributed by atoms with van der Waals surface area (Å²) in [4.78, 5) is 31.4. The first-order valence-corrected chi connectivity index (χ1v) is 12.0. The highest BCUT2D eigenvalue weighted by Crippen LogP contribution is 2.28. The molecular formula is C28H29FN4O2. The second-order valence-electron chi connectivity index (χ2n) is 9.14. The van der Waals surface area contributed by atoms with Crippen molar-refractivity contribution in [2.24, 2.45) is 5.92 Å². The predicted molar refractivity (Wildman–Crippen MR) is 136 cm³/mol. The van der Waals surface area contributed by atoms with Crippen LogP contribution in [-0.4, -0.2) is 49.4 Å². The van der Waals surface area contributed by atoms with Crippen LogP contribution in [0.4, 0.5) is 21.5 Å². The molecular weight excluding hydrogens is 443 g/mol. The van der Waals surface area contributed by atoms with E-state index in [0.29, 0.717) is 5.69 Å². The molecule has 2 fully saturated rings. The fourth-order valence-corrected chi connectivity index (χ4v) is 4.79. The Morgan fingerprint density at radius 2 is 1.57 bits per heavy atom. The lowest BCUT2D eigenvalue weighted by Gasteiger charge is -2.36. The Morgan fingerprint density at radius 1 is 0.886 bits per heavy atom. The zero-order valence-corrected chi connectivity index (χ0v) is 19.6. The molecule has 5 rings (SSSR count). The molecule has 2 heterocycles. The number of hydrogen-bond acceptors (Lipinski definition) is 4. The van der Waals surface area contributed by atoms with Gasteiger partial charge in [-0.25, -0.2) is 4.39 Å². The van der Waals surface area contributed by atoms with Crippen LogP contribution < -0.4 is 15.1 Å². The van der Waals surface area contributed by atoms with E-state index in [2.05, 4.69) is 39.4 Å². The Balaban J connectivity index is 1.13. The maximum absolute atomic E-state index is 14.1. The Bertz CT molecular complexity index is 1180. The largest absolute Gasteiger partial charge is 0.369 e. The zero-order chi connectivity index (χ0) is 24.2. The summed E-state index contributed by atoms with van der Waals surface area (Å²) in [6.07, 6.45) is 0.0749. The fourth-order valence-electron chi connectivity index (χ4n) is 4.79. The van der Waals surface area contributed by atoms with E-state index in [0.717, 1.165) is 38.4 Å². The minimum Gasteiger partial charge on any atom is -0.369 e. The Hall–Kier alpha value is -3.71. The Labute approximate surface area is 205 Å². The topological polar surface area (TPSA) is 55.9 Å². The van der Waals surface area contributed by atoms with E-state index < -0.39 is 11.7 Å². The van der Waals surface area contributed by atoms with E-state index in [9.17, 15) is 14.0 Å². The van der Waals surface area contributed by atoms with Gasteiger partial charge in [0.2, 0.25) is 11.8 Å². The van der Waals surface area contributed by atoms with Gasteiger partial charge >= 0.3 is 0 Å². The van der Waals surface area contributed by atoms with Crippen LogP contribution in [0.15, 0.2) is 78.9 Å². The Kier molecular flexibility index (Phi) is 6.77. The van der Waals surface area contributed by atoms with Crippen LogP contribution in [0.3, 0.4) is 0 Å². The summed E-state index contributed by atoms with van der Waals surface area (Å²) in [5.74, 6) is -1.44. The number of anilines is 3. The third kappa shape index (κ3) is 5.35. The number of para-hydroxylation sites is 1. The van der Waals surface area contributed by atoms with Crippen LogP contribution >= 0.6 is 0 Å². The van der Waals surface area contributed by atoms with Crippen molar-refractivity contribution in [3.63, 3.8) is 0 Å². The van der Waals surface area contributed by atoms with E-state index in [1.54, 1.807) is 18.2 Å². The first-order chi connectivity index (χ1) is 17.1. The smallest absolute Gasteiger partial charge is 0.229 e. The van der Waals surface area contributed by atoms with Crippen LogP contribution in [0.25, 0.3) is 0 Å². The molecule has 1 atom stereocenters. The standard InChI is InChI=1S/C28H29FN4O2/c29-25-8-4-5-9-26(25)33-20-22(18-27(33)34)28(35)30-23-10-12-24(13-11-23)32-16-14-31(15-17-32)19-21-6-2-1-3-7-21/h1-13,22H,14-20H2,(H,30,35)/t22-/m1/s1. The van der Waals surface area contributed by atoms with Gasteiger partial charge in [-0.15, -0.1) is 0 Å². The van der Waals surface area contributed by atoms with Gasteiger partial charge in [0, 0.05) is 57.1 Å². The number of hydrogen-bond donors (Lipinski definition) is 1. The molecule has 0 aromatic heterocycles. The fraction of sp³-hybridized carbons (Fsp3) is 0.286. The molecule has 0 spiro atoms. The van der Waals surface area contributed by atoms with Gasteiger partial charge < -0.3 is 15.1 Å². The number of halogens is 1. The molecule has 1 N–H and O–H groups in total. The number of benzene rings is 3. The molecule has 3 aromatic carbocycles. The van der Waals surface area contributed by atoms with Crippen molar-refractivity contribution in [2.45, 2.75) is 13.0 Å². The highest BCUT2D eigenvalue weighted by Gasteiger charge is 2.36. The summed E-state index contributed by atoms with van der Waals surface area (Å²) in [6.45, 7) is 5.06. The molecule has 3 aromatic rings. The quantitative estimate of drug-likeness (QED) is 0.586. The lowest BCUT2D eigenvalue weighted by atomic mass is 10.1. The molecule has 35 heavy (non-hydrogen) atoms. The summed E-state index contributed by atoms with van der Waals surface area (Å²) in [5, 5.41) is 2.92. The molecule has 2 aliphatic heterocycles. The summed E-state index contributed by atoms with van der Waals surface area (Å²) in [5.41, 5.74) is 3.38. The number of nitrogens with zero attached hydrogens (tertiary/aromatic N) is 3. The van der Waals surface area contributed by atoms with E-state index in [1.165, 1.54) is 16.5 Å². The maximum atomic E-state index is 14.1. The van der Waals surface area contributed by atoms with Gasteiger partial charge in [-0.3, -0.25) is 14.5 Å². The number of piperazine rings is 1. The van der Waals surface area contributed by atoms with Crippen LogP contribution in [0, 0.1) is 11.7 Å². The van der Waals surface area contributed by atoms with Gasteiger partial charge in [0.15, 0.2) is 0 Å². The summed E-state index contributed by atoms with van der Waals surface area (Å²) in [7, 11) is 0. The molecule has 0 bridgehead atoms. The predicted octanol–water partition coefficient (Wildman–Crippen LogP) is 4.14. The summed E-state index contributed by atoms with van der Waals surface area (Å²) < 4.78 is 14.1. The van der Waals surface area contributed by atoms with E-state index in [4.69, 9.17) is 0 Å². The van der Waals surface area contributed by atoms with Crippen molar-refractivity contribution in [3.05, 3.63) is 90.2 Å². The Morgan fingerprint density at radius 3 is 2.29 bits per heavy atom. The average molecular weight is 473 g/mol. The minimum atomic E-state index is -0.514. The van der Waals surface area contributed by atoms with Crippen LogP contribution in [-0.2, 0) is 16.1 Å². The second kappa shape index (κ2) is 10.3. The average Bonchev–Trinajstić information content (AvgIpc) is 3.27. The van der Waals surface area contributed by atoms with Crippen molar-refractivity contribution < 1.29 is 14.0 Å². The van der Waals surface area contributed by atoms with Gasteiger partial charge in [-0.05, 0) is 42.0 Å². The molecule has 2 aliphatic rings. The van der Waals surface area contributed by atoms with Crippen molar-refractivity contribution in [1.29, 1.82) is 0 Å². The highest BCUT2D eigenvalue weighted by atomic mass is 19.1. The first-order valence-electron chi connectivity index (χ1n) is 12.0. The molecule has 0 unspecified atom stereocenters. The molecule has 2 amide bonds. The van der Waals surface area contributed by atoms with E-state index >= 15 is 0 Å². The van der Waals surface area contributed by atoms with Crippen molar-refractivity contribution >= 4 is 28.9 Å². The van der Waals surface area contributed by atoms with Gasteiger partial charge in [0.05, 0.1) is 11.6 Å². The lowest BCUT2D eigenvalue weighted by Crippen LogP contribution is -2.45. The molecule has 6 nitrogen and oxygen atoms in total. The van der Waals surface area contributed by atoms with E-state index in [-0.39, 0.29) is 30.5 Å². The van der Waals surface area contributed by atoms with Gasteiger partial charge in [-0.1, -0.05) is 42.5 Å². The third-order valence-corrected chi connectivity index (χ3v) is 6.76. The summed E-state index contributed by atoms with van der Waals surface area (Å²) in [6, 6.07) is 24.5. The van der Waals surface area contributed by atoms with Gasteiger partial charge in [0.1, 0.15) is 5.82 Å². The number of carbonyl (C=O) groups excluding carboxylic acids is 2. The molecule has 0 radical (unpaired) electrons.